The maximum absolute atomic E-state index is 11.7. The summed E-state index contributed by atoms with van der Waals surface area (Å²) in [5, 5.41) is 14.7. The summed E-state index contributed by atoms with van der Waals surface area (Å²) < 4.78 is 0.832. The molecule has 1 atom stereocenters. The minimum absolute atomic E-state index is 0.0516. The molecule has 3 heterocycles. The van der Waals surface area contributed by atoms with Crippen LogP contribution in [0.15, 0.2) is 35.7 Å². The van der Waals surface area contributed by atoms with Gasteiger partial charge in [-0.15, -0.1) is 11.3 Å². The van der Waals surface area contributed by atoms with Gasteiger partial charge in [-0.1, -0.05) is 24.0 Å². The van der Waals surface area contributed by atoms with Crippen molar-refractivity contribution in [3.63, 3.8) is 0 Å². The molecule has 0 saturated carbocycles. The number of primary amides is 1. The zero-order valence-electron chi connectivity index (χ0n) is 14.0. The number of nitrogens with zero attached hydrogens (tertiary/aromatic N) is 2. The molecule has 7 nitrogen and oxygen atoms in total. The Hall–Kier alpha value is -3.28. The lowest BCUT2D eigenvalue weighted by molar-refractivity contribution is -0.130. The molecule has 1 aromatic carbocycles. The molecule has 4 N–H and O–H groups in total. The van der Waals surface area contributed by atoms with Crippen molar-refractivity contribution in [1.82, 2.24) is 15.3 Å². The first kappa shape index (κ1) is 17.1. The highest BCUT2D eigenvalue weighted by Crippen LogP contribution is 2.30. The lowest BCUT2D eigenvalue weighted by Crippen LogP contribution is -2.36. The smallest absolute Gasteiger partial charge is 0.286 e. The van der Waals surface area contributed by atoms with Crippen molar-refractivity contribution < 1.29 is 14.7 Å². The van der Waals surface area contributed by atoms with Crippen LogP contribution in [-0.4, -0.2) is 39.0 Å². The Morgan fingerprint density at radius 1 is 1.33 bits per heavy atom. The Balaban J connectivity index is 1.78. The molecule has 1 saturated heterocycles. The Morgan fingerprint density at radius 3 is 2.93 bits per heavy atom. The third-order valence-corrected chi connectivity index (χ3v) is 5.13. The molecule has 27 heavy (non-hydrogen) atoms. The average Bonchev–Trinajstić information content (AvgIpc) is 3.26. The molecular weight excluding hydrogens is 364 g/mol. The normalized spacial score (nSPS) is 18.8. The lowest BCUT2D eigenvalue weighted by atomic mass is 10.0. The summed E-state index contributed by atoms with van der Waals surface area (Å²) in [7, 11) is 0. The number of benzene rings is 1. The molecule has 1 aliphatic heterocycles. The molecule has 8 heteroatoms. The Bertz CT molecular complexity index is 1140. The first-order chi connectivity index (χ1) is 13.0. The van der Waals surface area contributed by atoms with E-state index < -0.39 is 17.4 Å². The van der Waals surface area contributed by atoms with Crippen LogP contribution in [0.25, 0.3) is 21.5 Å². The number of aromatic nitrogens is 2. The van der Waals surface area contributed by atoms with E-state index in [0.29, 0.717) is 23.3 Å². The summed E-state index contributed by atoms with van der Waals surface area (Å²) in [6.45, 7) is 0.400. The summed E-state index contributed by atoms with van der Waals surface area (Å²) in [6, 6.07) is 9.00. The zero-order chi connectivity index (χ0) is 19.0. The number of aliphatic hydroxyl groups is 1. The fraction of sp³-hybridized carbons (Fsp3) is 0.158. The third kappa shape index (κ3) is 3.14. The van der Waals surface area contributed by atoms with Crippen molar-refractivity contribution in [2.24, 2.45) is 5.73 Å². The topological polar surface area (TPSA) is 118 Å². The molecule has 3 aromatic rings. The van der Waals surface area contributed by atoms with E-state index in [9.17, 15) is 14.7 Å². The van der Waals surface area contributed by atoms with Crippen LogP contribution in [0.2, 0.25) is 0 Å². The highest BCUT2D eigenvalue weighted by molar-refractivity contribution is 7.17. The van der Waals surface area contributed by atoms with Crippen LogP contribution in [0.4, 0.5) is 0 Å². The Kier molecular flexibility index (Phi) is 4.11. The first-order valence-corrected chi connectivity index (χ1v) is 9.03. The third-order valence-electron chi connectivity index (χ3n) is 4.22. The predicted octanol–water partition coefficient (Wildman–Crippen LogP) is 1.06. The van der Waals surface area contributed by atoms with Crippen molar-refractivity contribution in [1.29, 1.82) is 0 Å². The van der Waals surface area contributed by atoms with Gasteiger partial charge in [0.05, 0.1) is 15.9 Å². The van der Waals surface area contributed by atoms with Crippen molar-refractivity contribution in [2.45, 2.75) is 12.0 Å². The number of carbonyl (C=O) groups is 2. The van der Waals surface area contributed by atoms with E-state index in [2.05, 4.69) is 27.1 Å². The van der Waals surface area contributed by atoms with Gasteiger partial charge in [0.25, 0.3) is 11.8 Å². The molecule has 4 rings (SSSR count). The van der Waals surface area contributed by atoms with Gasteiger partial charge < -0.3 is 16.2 Å². The van der Waals surface area contributed by atoms with E-state index in [-0.39, 0.29) is 12.2 Å². The molecule has 0 bridgehead atoms. The number of fused-ring (bicyclic) bond motifs is 1. The highest BCUT2D eigenvalue weighted by Gasteiger charge is 2.38. The molecule has 0 aliphatic carbocycles. The summed E-state index contributed by atoms with van der Waals surface area (Å²) in [4.78, 5) is 31.7. The van der Waals surface area contributed by atoms with Gasteiger partial charge >= 0.3 is 0 Å². The van der Waals surface area contributed by atoms with Crippen LogP contribution in [-0.2, 0) is 4.79 Å². The fourth-order valence-corrected chi connectivity index (χ4v) is 3.67. The molecule has 1 unspecified atom stereocenters. The molecule has 0 radical (unpaired) electrons. The highest BCUT2D eigenvalue weighted by atomic mass is 32.1. The number of hydrogen-bond acceptors (Lipinski definition) is 6. The summed E-state index contributed by atoms with van der Waals surface area (Å²) in [6.07, 6.45) is 0.252. The van der Waals surface area contributed by atoms with Crippen LogP contribution >= 0.6 is 11.3 Å². The van der Waals surface area contributed by atoms with Gasteiger partial charge in [0.15, 0.2) is 0 Å². The molecule has 1 fully saturated rings. The van der Waals surface area contributed by atoms with Crippen molar-refractivity contribution >= 4 is 33.4 Å². The fourth-order valence-electron chi connectivity index (χ4n) is 2.83. The lowest BCUT2D eigenvalue weighted by Gasteiger charge is -2.09. The van der Waals surface area contributed by atoms with E-state index in [1.807, 2.05) is 11.4 Å². The quantitative estimate of drug-likeness (QED) is 0.576. The number of nitrogens with one attached hydrogen (secondary N) is 1. The number of nitrogens with two attached hydrogens (primary N) is 1. The second kappa shape index (κ2) is 6.46. The molecule has 134 valence electrons. The van der Waals surface area contributed by atoms with Crippen LogP contribution in [0.3, 0.4) is 0 Å². The molecular formula is C19H14N4O3S. The van der Waals surface area contributed by atoms with Crippen LogP contribution in [0.5, 0.6) is 0 Å². The van der Waals surface area contributed by atoms with Gasteiger partial charge in [-0.25, -0.2) is 9.97 Å². The molecule has 0 spiro atoms. The van der Waals surface area contributed by atoms with Gasteiger partial charge in [0.1, 0.15) is 0 Å². The number of amides is 2. The first-order valence-electron chi connectivity index (χ1n) is 8.16. The van der Waals surface area contributed by atoms with Crippen LogP contribution < -0.4 is 11.1 Å². The van der Waals surface area contributed by atoms with Gasteiger partial charge in [0.2, 0.25) is 11.4 Å². The summed E-state index contributed by atoms with van der Waals surface area (Å²) >= 11 is 1.46. The van der Waals surface area contributed by atoms with Crippen LogP contribution in [0, 0.1) is 11.8 Å². The minimum atomic E-state index is -1.66. The second-order valence-electron chi connectivity index (χ2n) is 6.09. The van der Waals surface area contributed by atoms with Gasteiger partial charge in [-0.05, 0) is 23.6 Å². The molecule has 2 amide bonds. The Morgan fingerprint density at radius 2 is 2.19 bits per heavy atom. The van der Waals surface area contributed by atoms with Crippen molar-refractivity contribution in [3.05, 3.63) is 47.1 Å². The molecule has 2 aromatic heterocycles. The van der Waals surface area contributed by atoms with Crippen molar-refractivity contribution in [2.75, 3.05) is 6.54 Å². The van der Waals surface area contributed by atoms with E-state index in [1.54, 1.807) is 24.3 Å². The van der Waals surface area contributed by atoms with Gasteiger partial charge in [-0.3, -0.25) is 9.59 Å². The van der Waals surface area contributed by atoms with E-state index >= 15 is 0 Å². The molecule has 1 aliphatic rings. The van der Waals surface area contributed by atoms with Gasteiger partial charge in [-0.2, -0.15) is 0 Å². The monoisotopic (exact) mass is 378 g/mol. The predicted molar refractivity (Wildman–Crippen MR) is 101 cm³/mol. The maximum atomic E-state index is 11.7. The number of rotatable bonds is 2. The number of thiophene rings is 1. The summed E-state index contributed by atoms with van der Waals surface area (Å²) in [5.74, 6) is 4.28. The zero-order valence-corrected chi connectivity index (χ0v) is 14.8. The van der Waals surface area contributed by atoms with Crippen molar-refractivity contribution in [3.8, 4) is 23.1 Å². The number of carbonyl (C=O) groups excluding carboxylic acids is 2. The SMILES string of the molecule is NC(=O)c1nc(-c2cccc(C#CC3(O)CCNC3=O)c2)c2sccc2n1. The van der Waals surface area contributed by atoms with E-state index in [1.165, 1.54) is 11.3 Å². The van der Waals surface area contributed by atoms with E-state index in [4.69, 9.17) is 5.73 Å². The van der Waals surface area contributed by atoms with E-state index in [0.717, 1.165) is 10.3 Å². The minimum Gasteiger partial charge on any atom is -0.369 e. The number of hydrogen-bond donors (Lipinski definition) is 3. The van der Waals surface area contributed by atoms with Crippen LogP contribution in [0.1, 0.15) is 22.6 Å². The standard InChI is InChI=1S/C19H14N4O3S/c20-16(24)17-22-13-5-9-27-15(13)14(23-17)12-3-1-2-11(10-12)4-6-19(26)7-8-21-18(19)25/h1-3,5,9-10,26H,7-8H2,(H2,20,24)(H,21,25). The second-order valence-corrected chi connectivity index (χ2v) is 7.01. The largest absolute Gasteiger partial charge is 0.369 e. The average molecular weight is 378 g/mol. The summed E-state index contributed by atoms with van der Waals surface area (Å²) in [5.41, 5.74) is 6.27. The van der Waals surface area contributed by atoms with Gasteiger partial charge in [0, 0.05) is 24.1 Å². The Labute approximate surface area is 158 Å². The maximum Gasteiger partial charge on any atom is 0.286 e.